The third-order valence-electron chi connectivity index (χ3n) is 7.33. The van der Waals surface area contributed by atoms with Crippen molar-refractivity contribution in [2.45, 2.75) is 72.6 Å². The average molecular weight is 469 g/mol. The van der Waals surface area contributed by atoms with Crippen LogP contribution in [0.3, 0.4) is 0 Å². The van der Waals surface area contributed by atoms with Gasteiger partial charge in [-0.1, -0.05) is 71.4 Å². The molecule has 0 saturated carbocycles. The van der Waals surface area contributed by atoms with Gasteiger partial charge in [-0.05, 0) is 78.0 Å². The molecule has 0 radical (unpaired) electrons. The number of aliphatic hydroxyl groups excluding tert-OH is 1. The SMILES string of the molecule is CCCC(CO)Cc1cn(-c2ccc(C(C)C)cc2)c2cnc(-c3c(CC)cccc3CC)cc12. The number of pyridine rings is 1. The minimum atomic E-state index is 0.222. The van der Waals surface area contributed by atoms with Crippen LogP contribution in [0.25, 0.3) is 27.8 Å². The number of nitrogens with zero attached hydrogens (tertiary/aromatic N) is 2. The molecule has 0 spiro atoms. The van der Waals surface area contributed by atoms with Crippen LogP contribution in [0, 0.1) is 5.92 Å². The van der Waals surface area contributed by atoms with E-state index in [2.05, 4.69) is 93.9 Å². The van der Waals surface area contributed by atoms with Crippen molar-refractivity contribution in [3.63, 3.8) is 0 Å². The van der Waals surface area contributed by atoms with E-state index in [-0.39, 0.29) is 12.5 Å². The fourth-order valence-electron chi connectivity index (χ4n) is 5.27. The van der Waals surface area contributed by atoms with Crippen molar-refractivity contribution in [2.24, 2.45) is 5.92 Å². The van der Waals surface area contributed by atoms with Gasteiger partial charge in [0.2, 0.25) is 0 Å². The second-order valence-corrected chi connectivity index (χ2v) is 10.1. The van der Waals surface area contributed by atoms with E-state index in [4.69, 9.17) is 4.98 Å². The zero-order chi connectivity index (χ0) is 24.9. The quantitative estimate of drug-likeness (QED) is 0.257. The molecule has 3 nitrogen and oxygen atoms in total. The Morgan fingerprint density at radius 2 is 1.60 bits per heavy atom. The Balaban J connectivity index is 1.89. The van der Waals surface area contributed by atoms with E-state index in [0.717, 1.165) is 49.0 Å². The number of hydrogen-bond donors (Lipinski definition) is 1. The van der Waals surface area contributed by atoms with Gasteiger partial charge in [0, 0.05) is 29.4 Å². The fourth-order valence-corrected chi connectivity index (χ4v) is 5.27. The predicted octanol–water partition coefficient (Wildman–Crippen LogP) is 7.89. The van der Waals surface area contributed by atoms with E-state index >= 15 is 0 Å². The van der Waals surface area contributed by atoms with Gasteiger partial charge in [0.05, 0.1) is 17.4 Å². The first-order valence-corrected chi connectivity index (χ1v) is 13.3. The van der Waals surface area contributed by atoms with E-state index in [0.29, 0.717) is 5.92 Å². The lowest BCUT2D eigenvalue weighted by atomic mass is 9.93. The maximum absolute atomic E-state index is 10.0. The summed E-state index contributed by atoms with van der Waals surface area (Å²) in [7, 11) is 0. The molecule has 0 saturated heterocycles. The molecule has 1 N–H and O–H groups in total. The number of aliphatic hydroxyl groups is 1. The molecule has 0 bridgehead atoms. The molecule has 2 aromatic heterocycles. The summed E-state index contributed by atoms with van der Waals surface area (Å²) in [6.45, 7) is 11.3. The lowest BCUT2D eigenvalue weighted by Gasteiger charge is -2.14. The summed E-state index contributed by atoms with van der Waals surface area (Å²) in [5.74, 6) is 0.782. The van der Waals surface area contributed by atoms with E-state index in [1.165, 1.54) is 33.2 Å². The highest BCUT2D eigenvalue weighted by Gasteiger charge is 2.18. The molecular weight excluding hydrogens is 428 g/mol. The number of rotatable bonds is 10. The molecule has 1 atom stereocenters. The lowest BCUT2D eigenvalue weighted by molar-refractivity contribution is 0.217. The van der Waals surface area contributed by atoms with Crippen molar-refractivity contribution in [2.75, 3.05) is 6.61 Å². The van der Waals surface area contributed by atoms with Crippen LogP contribution in [-0.4, -0.2) is 21.3 Å². The minimum Gasteiger partial charge on any atom is -0.396 e. The fraction of sp³-hybridized carbons (Fsp3) is 0.406. The maximum Gasteiger partial charge on any atom is 0.0715 e. The normalized spacial score (nSPS) is 12.5. The van der Waals surface area contributed by atoms with Crippen molar-refractivity contribution >= 4 is 10.9 Å². The third-order valence-corrected chi connectivity index (χ3v) is 7.33. The number of aryl methyl sites for hydroxylation is 2. The smallest absolute Gasteiger partial charge is 0.0715 e. The number of fused-ring (bicyclic) bond motifs is 1. The molecular formula is C32H40N2O. The van der Waals surface area contributed by atoms with Gasteiger partial charge in [-0.25, -0.2) is 0 Å². The van der Waals surface area contributed by atoms with Gasteiger partial charge in [0.15, 0.2) is 0 Å². The summed E-state index contributed by atoms with van der Waals surface area (Å²) in [6, 6.07) is 17.8. The van der Waals surface area contributed by atoms with Gasteiger partial charge in [0.1, 0.15) is 0 Å². The van der Waals surface area contributed by atoms with E-state index < -0.39 is 0 Å². The molecule has 0 aliphatic heterocycles. The molecule has 4 rings (SSSR count). The maximum atomic E-state index is 10.0. The van der Waals surface area contributed by atoms with Gasteiger partial charge < -0.3 is 9.67 Å². The molecule has 3 heteroatoms. The molecule has 4 aromatic rings. The standard InChI is InChI=1S/C32H40N2O/c1-6-10-23(21-35)17-27-20-34(28-15-13-26(14-16-28)22(4)5)31-19-33-30(18-29(27)31)32-24(7-2)11-9-12-25(32)8-3/h9,11-16,18-20,22-23,35H,6-8,10,17,21H2,1-5H3. The highest BCUT2D eigenvalue weighted by molar-refractivity contribution is 5.89. The van der Waals surface area contributed by atoms with Gasteiger partial charge in [-0.2, -0.15) is 0 Å². The van der Waals surface area contributed by atoms with Gasteiger partial charge in [-0.3, -0.25) is 4.98 Å². The summed E-state index contributed by atoms with van der Waals surface area (Å²) in [6.07, 6.45) is 9.27. The first-order chi connectivity index (χ1) is 17.0. The van der Waals surface area contributed by atoms with E-state index in [1.54, 1.807) is 0 Å². The van der Waals surface area contributed by atoms with Crippen LogP contribution in [0.4, 0.5) is 0 Å². The monoisotopic (exact) mass is 468 g/mol. The molecule has 184 valence electrons. The second-order valence-electron chi connectivity index (χ2n) is 10.1. The highest BCUT2D eigenvalue weighted by Crippen LogP contribution is 2.34. The highest BCUT2D eigenvalue weighted by atomic mass is 16.3. The Morgan fingerprint density at radius 1 is 0.914 bits per heavy atom. The Morgan fingerprint density at radius 3 is 2.17 bits per heavy atom. The predicted molar refractivity (Wildman–Crippen MR) is 149 cm³/mol. The van der Waals surface area contributed by atoms with Crippen LogP contribution in [-0.2, 0) is 19.3 Å². The van der Waals surface area contributed by atoms with Crippen LogP contribution in [0.1, 0.15) is 75.6 Å². The largest absolute Gasteiger partial charge is 0.396 e. The van der Waals surface area contributed by atoms with Crippen LogP contribution in [0.15, 0.2) is 60.9 Å². The molecule has 0 fully saturated rings. The Labute approximate surface area is 210 Å². The van der Waals surface area contributed by atoms with Crippen LogP contribution < -0.4 is 0 Å². The van der Waals surface area contributed by atoms with E-state index in [9.17, 15) is 5.11 Å². The van der Waals surface area contributed by atoms with Crippen LogP contribution >= 0.6 is 0 Å². The topological polar surface area (TPSA) is 38.0 Å². The van der Waals surface area contributed by atoms with Crippen molar-refractivity contribution in [3.05, 3.63) is 83.2 Å². The summed E-state index contributed by atoms with van der Waals surface area (Å²) in [4.78, 5) is 5.01. The van der Waals surface area contributed by atoms with Gasteiger partial charge >= 0.3 is 0 Å². The minimum absolute atomic E-state index is 0.222. The number of hydrogen-bond acceptors (Lipinski definition) is 2. The lowest BCUT2D eigenvalue weighted by Crippen LogP contribution is -2.09. The average Bonchev–Trinajstić information content (AvgIpc) is 3.25. The summed E-state index contributed by atoms with van der Waals surface area (Å²) < 4.78 is 2.28. The number of benzene rings is 2. The first kappa shape index (κ1) is 25.2. The molecule has 0 aliphatic carbocycles. The summed E-state index contributed by atoms with van der Waals surface area (Å²) >= 11 is 0. The molecule has 2 aromatic carbocycles. The molecule has 35 heavy (non-hydrogen) atoms. The second kappa shape index (κ2) is 11.2. The molecule has 0 amide bonds. The zero-order valence-electron chi connectivity index (χ0n) is 22.0. The molecule has 0 aliphatic rings. The van der Waals surface area contributed by atoms with E-state index in [1.807, 2.05) is 6.20 Å². The van der Waals surface area contributed by atoms with Crippen molar-refractivity contribution < 1.29 is 5.11 Å². The number of aromatic nitrogens is 2. The Bertz CT molecular complexity index is 1240. The van der Waals surface area contributed by atoms with Crippen molar-refractivity contribution in [1.29, 1.82) is 0 Å². The Hall–Kier alpha value is -2.91. The third kappa shape index (κ3) is 5.21. The van der Waals surface area contributed by atoms with Crippen molar-refractivity contribution in [3.8, 4) is 16.9 Å². The molecule has 1 unspecified atom stereocenters. The van der Waals surface area contributed by atoms with Crippen LogP contribution in [0.5, 0.6) is 0 Å². The Kier molecular flexibility index (Phi) is 8.07. The van der Waals surface area contributed by atoms with Gasteiger partial charge in [0.25, 0.3) is 0 Å². The summed E-state index contributed by atoms with van der Waals surface area (Å²) in [5.41, 5.74) is 9.94. The first-order valence-electron chi connectivity index (χ1n) is 13.3. The van der Waals surface area contributed by atoms with Gasteiger partial charge in [-0.15, -0.1) is 0 Å². The molecule has 2 heterocycles. The zero-order valence-corrected chi connectivity index (χ0v) is 22.0. The van der Waals surface area contributed by atoms with Crippen molar-refractivity contribution in [1.82, 2.24) is 9.55 Å². The summed E-state index contributed by atoms with van der Waals surface area (Å²) in [5, 5.41) is 11.3. The van der Waals surface area contributed by atoms with Crippen LogP contribution in [0.2, 0.25) is 0 Å².